The molecule has 0 amide bonds. The first-order chi connectivity index (χ1) is 6.92. The molecule has 3 heteroatoms. The van der Waals surface area contributed by atoms with E-state index in [4.69, 9.17) is 4.74 Å². The second-order valence-electron chi connectivity index (χ2n) is 4.60. The Morgan fingerprint density at radius 3 is 2.13 bits per heavy atom. The van der Waals surface area contributed by atoms with Crippen molar-refractivity contribution in [3.05, 3.63) is 29.8 Å². The van der Waals surface area contributed by atoms with Crippen LogP contribution in [0.1, 0.15) is 10.4 Å². The van der Waals surface area contributed by atoms with Crippen molar-refractivity contribution in [2.45, 2.75) is 0 Å². The van der Waals surface area contributed by atoms with E-state index in [1.165, 1.54) is 0 Å². The smallest absolute Gasteiger partial charge is 0.199 e. The van der Waals surface area contributed by atoms with Crippen molar-refractivity contribution in [2.24, 2.45) is 0 Å². The molecule has 1 aromatic rings. The van der Waals surface area contributed by atoms with E-state index in [9.17, 15) is 4.79 Å². The second kappa shape index (κ2) is 4.76. The summed E-state index contributed by atoms with van der Waals surface area (Å²) in [5, 5.41) is 0. The van der Waals surface area contributed by atoms with E-state index in [2.05, 4.69) is 20.0 Å². The van der Waals surface area contributed by atoms with Gasteiger partial charge in [0.1, 0.15) is 11.9 Å². The molecule has 0 aliphatic rings. The van der Waals surface area contributed by atoms with E-state index in [-0.39, 0.29) is 5.78 Å². The normalized spacial score (nSPS) is 11.2. The lowest BCUT2D eigenvalue weighted by molar-refractivity contribution is 0.102. The third kappa shape index (κ3) is 4.01. The van der Waals surface area contributed by atoms with Crippen LogP contribution in [0, 0.1) is 0 Å². The molecule has 0 atom stereocenters. The van der Waals surface area contributed by atoms with Gasteiger partial charge in [-0.1, -0.05) is 0 Å². The van der Waals surface area contributed by atoms with Crippen LogP contribution in [0.4, 0.5) is 0 Å². The second-order valence-corrected chi connectivity index (χ2v) is 9.50. The number of ketones is 1. The Hall–Kier alpha value is -0.880. The molecule has 0 fully saturated rings. The van der Waals surface area contributed by atoms with Crippen molar-refractivity contribution in [3.63, 3.8) is 0 Å². The molecule has 0 aliphatic carbocycles. The molecule has 0 heterocycles. The summed E-state index contributed by atoms with van der Waals surface area (Å²) in [6.45, 7) is 6.53. The summed E-state index contributed by atoms with van der Waals surface area (Å²) in [6.07, 6.45) is 0.680. The Bertz CT molecular complexity index is 336. The summed E-state index contributed by atoms with van der Waals surface area (Å²) >= 11 is 0. The zero-order valence-electron chi connectivity index (χ0n) is 9.78. The molecule has 1 rings (SSSR count). The van der Waals surface area contributed by atoms with Crippen LogP contribution >= 0.6 is 7.26 Å². The SMILES string of the molecule is COc1ccc(C(=O)C[P+](C)(C)C)cc1. The highest BCUT2D eigenvalue weighted by molar-refractivity contribution is 7.74. The quantitative estimate of drug-likeness (QED) is 0.581. The first kappa shape index (κ1) is 12.2. The third-order valence-electron chi connectivity index (χ3n) is 2.03. The van der Waals surface area contributed by atoms with Gasteiger partial charge in [-0.2, -0.15) is 0 Å². The number of ether oxygens (including phenoxy) is 1. The van der Waals surface area contributed by atoms with Crippen LogP contribution in [0.15, 0.2) is 24.3 Å². The Labute approximate surface area is 92.0 Å². The van der Waals surface area contributed by atoms with Gasteiger partial charge < -0.3 is 4.74 Å². The van der Waals surface area contributed by atoms with Gasteiger partial charge in [0.05, 0.1) is 7.11 Å². The summed E-state index contributed by atoms with van der Waals surface area (Å²) in [5.41, 5.74) is 0.783. The average molecular weight is 225 g/mol. The van der Waals surface area contributed by atoms with Crippen molar-refractivity contribution in [1.82, 2.24) is 0 Å². The maximum atomic E-state index is 11.8. The molecular formula is C12H18O2P+. The molecular weight excluding hydrogens is 207 g/mol. The molecule has 0 saturated carbocycles. The summed E-state index contributed by atoms with van der Waals surface area (Å²) in [5.74, 6) is 1.02. The van der Waals surface area contributed by atoms with E-state index in [0.717, 1.165) is 11.3 Å². The molecule has 0 saturated heterocycles. The first-order valence-electron chi connectivity index (χ1n) is 4.90. The van der Waals surface area contributed by atoms with Crippen LogP contribution in [0.5, 0.6) is 5.75 Å². The molecule has 0 spiro atoms. The predicted molar refractivity (Wildman–Crippen MR) is 66.9 cm³/mol. The molecule has 0 N–H and O–H groups in total. The lowest BCUT2D eigenvalue weighted by Gasteiger charge is -2.10. The molecule has 15 heavy (non-hydrogen) atoms. The minimum Gasteiger partial charge on any atom is -0.497 e. The lowest BCUT2D eigenvalue weighted by Crippen LogP contribution is -2.08. The van der Waals surface area contributed by atoms with E-state index in [1.807, 2.05) is 24.3 Å². The molecule has 0 aliphatic heterocycles. The fourth-order valence-corrected chi connectivity index (χ4v) is 2.34. The van der Waals surface area contributed by atoms with Crippen LogP contribution in [0.25, 0.3) is 0 Å². The Morgan fingerprint density at radius 1 is 1.20 bits per heavy atom. The average Bonchev–Trinajstić information content (AvgIpc) is 2.15. The van der Waals surface area contributed by atoms with Crippen LogP contribution in [-0.2, 0) is 0 Å². The number of carbonyl (C=O) groups is 1. The summed E-state index contributed by atoms with van der Waals surface area (Å²) in [4.78, 5) is 11.8. The minimum atomic E-state index is -1.04. The van der Waals surface area contributed by atoms with Gasteiger partial charge in [-0.3, -0.25) is 4.79 Å². The topological polar surface area (TPSA) is 26.3 Å². The summed E-state index contributed by atoms with van der Waals surface area (Å²) in [7, 11) is 0.586. The Morgan fingerprint density at radius 2 is 1.73 bits per heavy atom. The lowest BCUT2D eigenvalue weighted by atomic mass is 10.1. The third-order valence-corrected chi connectivity index (χ3v) is 3.27. The van der Waals surface area contributed by atoms with Crippen molar-refractivity contribution in [2.75, 3.05) is 33.3 Å². The number of hydrogen-bond acceptors (Lipinski definition) is 2. The highest BCUT2D eigenvalue weighted by atomic mass is 31.2. The Balaban J connectivity index is 2.75. The van der Waals surface area contributed by atoms with E-state index >= 15 is 0 Å². The van der Waals surface area contributed by atoms with Crippen LogP contribution < -0.4 is 4.74 Å². The largest absolute Gasteiger partial charge is 0.497 e. The number of Topliss-reactive ketones (excluding diaryl/α,β-unsaturated/α-hetero) is 1. The zero-order chi connectivity index (χ0) is 11.5. The van der Waals surface area contributed by atoms with Gasteiger partial charge in [-0.05, 0) is 24.3 Å². The molecule has 1 aromatic carbocycles. The van der Waals surface area contributed by atoms with Gasteiger partial charge in [0.2, 0.25) is 0 Å². The maximum absolute atomic E-state index is 11.8. The van der Waals surface area contributed by atoms with E-state index in [0.29, 0.717) is 6.16 Å². The van der Waals surface area contributed by atoms with Crippen molar-refractivity contribution < 1.29 is 9.53 Å². The van der Waals surface area contributed by atoms with Crippen LogP contribution in [0.3, 0.4) is 0 Å². The van der Waals surface area contributed by atoms with Crippen molar-refractivity contribution in [3.8, 4) is 5.75 Å². The predicted octanol–water partition coefficient (Wildman–Crippen LogP) is 2.78. The molecule has 0 unspecified atom stereocenters. The van der Waals surface area contributed by atoms with Crippen LogP contribution in [0.2, 0.25) is 0 Å². The van der Waals surface area contributed by atoms with Gasteiger partial charge in [-0.25, -0.2) is 0 Å². The highest BCUT2D eigenvalue weighted by Crippen LogP contribution is 2.46. The number of carbonyl (C=O) groups excluding carboxylic acids is 1. The fraction of sp³-hybridized carbons (Fsp3) is 0.417. The van der Waals surface area contributed by atoms with Crippen molar-refractivity contribution in [1.29, 1.82) is 0 Å². The summed E-state index contributed by atoms with van der Waals surface area (Å²) in [6, 6.07) is 7.32. The maximum Gasteiger partial charge on any atom is 0.199 e. The van der Waals surface area contributed by atoms with E-state index < -0.39 is 7.26 Å². The number of methoxy groups -OCH3 is 1. The molecule has 0 bridgehead atoms. The molecule has 82 valence electrons. The zero-order valence-corrected chi connectivity index (χ0v) is 10.7. The summed E-state index contributed by atoms with van der Waals surface area (Å²) < 4.78 is 5.05. The first-order valence-corrected chi connectivity index (χ1v) is 8.22. The van der Waals surface area contributed by atoms with Gasteiger partial charge in [0.25, 0.3) is 0 Å². The standard InChI is InChI=1S/C12H18O2P/c1-14-11-7-5-10(6-8-11)12(13)9-15(2,3)4/h5-8H,9H2,1-4H3/q+1. The van der Waals surface area contributed by atoms with Gasteiger partial charge in [-0.15, -0.1) is 0 Å². The van der Waals surface area contributed by atoms with E-state index in [1.54, 1.807) is 7.11 Å². The molecule has 0 radical (unpaired) electrons. The molecule has 2 nitrogen and oxygen atoms in total. The monoisotopic (exact) mass is 225 g/mol. The Kier molecular flexibility index (Phi) is 3.87. The number of benzene rings is 1. The molecule has 0 aromatic heterocycles. The van der Waals surface area contributed by atoms with Gasteiger partial charge >= 0.3 is 0 Å². The van der Waals surface area contributed by atoms with Crippen LogP contribution in [-0.4, -0.2) is 39.0 Å². The highest BCUT2D eigenvalue weighted by Gasteiger charge is 2.22. The van der Waals surface area contributed by atoms with Gasteiger partial charge in [0, 0.05) is 32.8 Å². The van der Waals surface area contributed by atoms with Gasteiger partial charge in [0.15, 0.2) is 5.78 Å². The minimum absolute atomic E-state index is 0.235. The number of rotatable bonds is 4. The van der Waals surface area contributed by atoms with Crippen molar-refractivity contribution >= 4 is 13.0 Å². The fourth-order valence-electron chi connectivity index (χ4n) is 1.30. The number of hydrogen-bond donors (Lipinski definition) is 0.